The summed E-state index contributed by atoms with van der Waals surface area (Å²) in [5.41, 5.74) is 1.22. The molecule has 3 atom stereocenters. The van der Waals surface area contributed by atoms with Gasteiger partial charge in [-0.2, -0.15) is 0 Å². The molecule has 21 heavy (non-hydrogen) atoms. The number of hydrogen-bond donors (Lipinski definition) is 1. The second kappa shape index (κ2) is 6.73. The van der Waals surface area contributed by atoms with Crippen LogP contribution in [0.3, 0.4) is 0 Å². The van der Waals surface area contributed by atoms with E-state index in [4.69, 9.17) is 5.11 Å². The van der Waals surface area contributed by atoms with Crippen molar-refractivity contribution in [1.29, 1.82) is 0 Å². The maximum Gasteiger partial charge on any atom is 0.255 e. The number of amides is 1. The lowest BCUT2D eigenvalue weighted by atomic mass is 9.85. The number of carbonyl (C=O) groups is 1. The van der Waals surface area contributed by atoms with E-state index < -0.39 is 0 Å². The molecule has 2 heterocycles. The number of aliphatic hydroxyl groups is 1. The maximum atomic E-state index is 12.7. The van der Waals surface area contributed by atoms with Crippen molar-refractivity contribution >= 4 is 5.91 Å². The van der Waals surface area contributed by atoms with E-state index in [-0.39, 0.29) is 18.6 Å². The van der Waals surface area contributed by atoms with Crippen molar-refractivity contribution in [1.82, 2.24) is 9.88 Å². The molecule has 1 N–H and O–H groups in total. The van der Waals surface area contributed by atoms with Gasteiger partial charge < -0.3 is 10.0 Å². The molecule has 112 valence electrons. The Hall–Kier alpha value is -1.86. The summed E-state index contributed by atoms with van der Waals surface area (Å²) in [6, 6.07) is 1.98. The molecule has 1 amide bonds. The monoisotopic (exact) mass is 286 g/mol. The molecule has 4 nitrogen and oxygen atoms in total. The number of aromatic nitrogens is 1. The van der Waals surface area contributed by atoms with Gasteiger partial charge in [0.05, 0.1) is 5.56 Å². The molecule has 0 bridgehead atoms. The van der Waals surface area contributed by atoms with Gasteiger partial charge in [0, 0.05) is 30.5 Å². The molecule has 3 unspecified atom stereocenters. The van der Waals surface area contributed by atoms with Gasteiger partial charge in [-0.05, 0) is 31.2 Å². The van der Waals surface area contributed by atoms with Gasteiger partial charge >= 0.3 is 0 Å². The second-order valence-corrected chi connectivity index (χ2v) is 5.94. The van der Waals surface area contributed by atoms with Crippen molar-refractivity contribution in [3.63, 3.8) is 0 Å². The van der Waals surface area contributed by atoms with E-state index in [9.17, 15) is 4.79 Å². The lowest BCUT2D eigenvalue weighted by molar-refractivity contribution is 0.0455. The highest BCUT2D eigenvalue weighted by Crippen LogP contribution is 2.28. The summed E-state index contributed by atoms with van der Waals surface area (Å²) in [6.07, 6.45) is 4.35. The third-order valence-corrected chi connectivity index (χ3v) is 4.16. The third-order valence-electron chi connectivity index (χ3n) is 4.16. The second-order valence-electron chi connectivity index (χ2n) is 5.94. The minimum Gasteiger partial charge on any atom is -0.384 e. The standard InChI is InChI=1S/C17H22N2O2/c1-12-7-13(2)14(3)19(11-12)17(21)16-8-15(5-4-6-20)9-18-10-16/h8-10,12-14,20H,6-7,11H2,1-3H3. The molecule has 4 heteroatoms. The quantitative estimate of drug-likeness (QED) is 0.803. The zero-order valence-electron chi connectivity index (χ0n) is 12.8. The number of nitrogens with zero attached hydrogens (tertiary/aromatic N) is 2. The van der Waals surface area contributed by atoms with E-state index in [1.165, 1.54) is 0 Å². The minimum absolute atomic E-state index is 0.0149. The van der Waals surface area contributed by atoms with Crippen molar-refractivity contribution in [2.45, 2.75) is 33.2 Å². The van der Waals surface area contributed by atoms with E-state index in [0.717, 1.165) is 13.0 Å². The van der Waals surface area contributed by atoms with Gasteiger partial charge in [0.1, 0.15) is 6.61 Å². The first kappa shape index (κ1) is 15.5. The molecular formula is C17H22N2O2. The van der Waals surface area contributed by atoms with E-state index >= 15 is 0 Å². The van der Waals surface area contributed by atoms with Crippen molar-refractivity contribution in [3.05, 3.63) is 29.6 Å². The van der Waals surface area contributed by atoms with E-state index in [1.807, 2.05) is 4.90 Å². The predicted octanol–water partition coefficient (Wildman–Crippen LogP) is 1.93. The van der Waals surface area contributed by atoms with Gasteiger partial charge in [0.25, 0.3) is 5.91 Å². The lowest BCUT2D eigenvalue weighted by Crippen LogP contribution is -2.48. The first-order valence-corrected chi connectivity index (χ1v) is 7.38. The molecule has 1 saturated heterocycles. The zero-order valence-corrected chi connectivity index (χ0v) is 12.8. The molecule has 0 aromatic carbocycles. The number of hydrogen-bond acceptors (Lipinski definition) is 3. The van der Waals surface area contributed by atoms with Gasteiger partial charge in [-0.15, -0.1) is 0 Å². The van der Waals surface area contributed by atoms with Crippen molar-refractivity contribution in [2.75, 3.05) is 13.2 Å². The number of likely N-dealkylation sites (tertiary alicyclic amines) is 1. The van der Waals surface area contributed by atoms with Crippen molar-refractivity contribution in [3.8, 4) is 11.8 Å². The number of aliphatic hydroxyl groups excluding tert-OH is 1. The molecule has 1 aromatic rings. The minimum atomic E-state index is -0.198. The van der Waals surface area contributed by atoms with Crippen LogP contribution in [0.1, 0.15) is 43.1 Å². The van der Waals surface area contributed by atoms with Crippen LogP contribution in [0.15, 0.2) is 18.5 Å². The number of carbonyl (C=O) groups excluding carboxylic acids is 1. The fourth-order valence-electron chi connectivity index (χ4n) is 2.92. The fourth-order valence-corrected chi connectivity index (χ4v) is 2.92. The fraction of sp³-hybridized carbons (Fsp3) is 0.529. The Morgan fingerprint density at radius 2 is 2.19 bits per heavy atom. The first-order chi connectivity index (χ1) is 10.0. The molecular weight excluding hydrogens is 264 g/mol. The molecule has 0 radical (unpaired) electrons. The van der Waals surface area contributed by atoms with Crippen molar-refractivity contribution in [2.24, 2.45) is 11.8 Å². The van der Waals surface area contributed by atoms with Gasteiger partial charge in [0.15, 0.2) is 0 Å². The van der Waals surface area contributed by atoms with Crippen LogP contribution in [0.4, 0.5) is 0 Å². The normalized spacial score (nSPS) is 25.1. The van der Waals surface area contributed by atoms with Crippen LogP contribution in [-0.4, -0.2) is 40.1 Å². The van der Waals surface area contributed by atoms with Crippen LogP contribution in [0.5, 0.6) is 0 Å². The zero-order chi connectivity index (χ0) is 15.4. The summed E-state index contributed by atoms with van der Waals surface area (Å²) < 4.78 is 0. The Balaban J connectivity index is 2.23. The molecule has 1 aliphatic heterocycles. The lowest BCUT2D eigenvalue weighted by Gasteiger charge is -2.41. The summed E-state index contributed by atoms with van der Waals surface area (Å²) in [7, 11) is 0. The van der Waals surface area contributed by atoms with Gasteiger partial charge in [0.2, 0.25) is 0 Å². The Morgan fingerprint density at radius 1 is 1.43 bits per heavy atom. The van der Waals surface area contributed by atoms with Crippen LogP contribution in [0, 0.1) is 23.7 Å². The highest BCUT2D eigenvalue weighted by molar-refractivity contribution is 5.94. The third kappa shape index (κ3) is 3.62. The summed E-state index contributed by atoms with van der Waals surface area (Å²) >= 11 is 0. The Labute approximate surface area is 126 Å². The number of rotatable bonds is 1. The average molecular weight is 286 g/mol. The molecule has 0 aliphatic carbocycles. The maximum absolute atomic E-state index is 12.7. The largest absolute Gasteiger partial charge is 0.384 e. The highest BCUT2D eigenvalue weighted by atomic mass is 16.2. The number of pyridine rings is 1. The molecule has 1 aliphatic rings. The topological polar surface area (TPSA) is 53.4 Å². The van der Waals surface area contributed by atoms with Crippen LogP contribution in [-0.2, 0) is 0 Å². The SMILES string of the molecule is CC1CC(C)C(C)N(C(=O)c2cncc(C#CCO)c2)C1. The first-order valence-electron chi connectivity index (χ1n) is 7.38. The average Bonchev–Trinajstić information content (AvgIpc) is 2.48. The molecule has 0 spiro atoms. The van der Waals surface area contributed by atoms with Gasteiger partial charge in [-0.1, -0.05) is 25.7 Å². The predicted molar refractivity (Wildman–Crippen MR) is 81.6 cm³/mol. The molecule has 1 fully saturated rings. The van der Waals surface area contributed by atoms with Crippen LogP contribution in [0.2, 0.25) is 0 Å². The summed E-state index contributed by atoms with van der Waals surface area (Å²) in [5.74, 6) is 6.40. The Bertz CT molecular complexity index is 574. The Kier molecular flexibility index (Phi) is 4.98. The van der Waals surface area contributed by atoms with E-state index in [1.54, 1.807) is 18.5 Å². The summed E-state index contributed by atoms with van der Waals surface area (Å²) in [6.45, 7) is 7.08. The summed E-state index contributed by atoms with van der Waals surface area (Å²) in [5, 5.41) is 8.73. The highest BCUT2D eigenvalue weighted by Gasteiger charge is 2.32. The molecule has 1 aromatic heterocycles. The smallest absolute Gasteiger partial charge is 0.255 e. The van der Waals surface area contributed by atoms with E-state index in [0.29, 0.717) is 23.0 Å². The van der Waals surface area contributed by atoms with Crippen LogP contribution in [0.25, 0.3) is 0 Å². The number of piperidine rings is 1. The van der Waals surface area contributed by atoms with E-state index in [2.05, 4.69) is 37.6 Å². The van der Waals surface area contributed by atoms with Gasteiger partial charge in [-0.3, -0.25) is 9.78 Å². The Morgan fingerprint density at radius 3 is 2.90 bits per heavy atom. The van der Waals surface area contributed by atoms with Gasteiger partial charge in [-0.25, -0.2) is 0 Å². The van der Waals surface area contributed by atoms with Crippen molar-refractivity contribution < 1.29 is 9.90 Å². The summed E-state index contributed by atoms with van der Waals surface area (Å²) in [4.78, 5) is 18.7. The van der Waals surface area contributed by atoms with Crippen LogP contribution >= 0.6 is 0 Å². The van der Waals surface area contributed by atoms with Crippen LogP contribution < -0.4 is 0 Å². The molecule has 0 saturated carbocycles. The molecule has 2 rings (SSSR count).